The first kappa shape index (κ1) is 36.1. The number of phenols is 1. The van der Waals surface area contributed by atoms with Gasteiger partial charge in [-0.05, 0) is 115 Å². The highest BCUT2D eigenvalue weighted by atomic mass is 35.5. The number of allylic oxidation sites excluding steroid dienone is 2. The summed E-state index contributed by atoms with van der Waals surface area (Å²) in [6.07, 6.45) is 2.10. The maximum Gasteiger partial charge on any atom is 0.260 e. The van der Waals surface area contributed by atoms with Crippen molar-refractivity contribution in [3.05, 3.63) is 154 Å². The molecule has 2 aliphatic carbocycles. The van der Waals surface area contributed by atoms with Gasteiger partial charge < -0.3 is 9.52 Å². The van der Waals surface area contributed by atoms with Crippen molar-refractivity contribution >= 4 is 69.3 Å². The van der Waals surface area contributed by atoms with Gasteiger partial charge in [-0.2, -0.15) is 5.01 Å². The van der Waals surface area contributed by atoms with Crippen LogP contribution in [0.5, 0.6) is 5.75 Å². The molecule has 2 saturated heterocycles. The highest BCUT2D eigenvalue weighted by Gasteiger charge is 2.70. The number of carbonyl (C=O) groups excluding carboxylic acids is 4. The standard InChI is InChI=1S/C45H31Cl2FN4O6/c46-25-9-7-24(8-10-25)45-34(42(55)52(44(45)57)50-28-14-12-27(48)13-15-28)22-32-30(39(45)33-21-26(47)11-20-36(33)53)18-19-31-38(32)43(56)51(41(31)54)29-16-5-23(6-17-29)40-49-35-3-1-2-4-37(35)58-40/h1-18,20-21,31-32,34,38-39,50,53H,19,22H2/t31-,32+,34-,38-,39+,45+/m0/s1. The van der Waals surface area contributed by atoms with E-state index >= 15 is 4.79 Å². The predicted molar refractivity (Wildman–Crippen MR) is 214 cm³/mol. The maximum absolute atomic E-state index is 15.3. The number of benzene rings is 5. The first-order valence-corrected chi connectivity index (χ1v) is 19.5. The summed E-state index contributed by atoms with van der Waals surface area (Å²) >= 11 is 13.0. The van der Waals surface area contributed by atoms with Crippen molar-refractivity contribution < 1.29 is 33.1 Å². The second-order valence-corrected chi connectivity index (χ2v) is 16.0. The Morgan fingerprint density at radius 2 is 1.53 bits per heavy atom. The van der Waals surface area contributed by atoms with Crippen molar-refractivity contribution in [2.45, 2.75) is 24.2 Å². The highest BCUT2D eigenvalue weighted by Crippen LogP contribution is 2.65. The van der Waals surface area contributed by atoms with Gasteiger partial charge in [0.25, 0.3) is 11.8 Å². The average molecular weight is 814 g/mol. The second kappa shape index (κ2) is 13.4. The number of hydrogen-bond donors (Lipinski definition) is 2. The molecule has 10 rings (SSSR count). The largest absolute Gasteiger partial charge is 0.508 e. The quantitative estimate of drug-likeness (QED) is 0.126. The van der Waals surface area contributed by atoms with E-state index in [4.69, 9.17) is 27.6 Å². The van der Waals surface area contributed by atoms with Crippen LogP contribution in [0.1, 0.15) is 29.9 Å². The molecular weight excluding hydrogens is 782 g/mol. The number of phenolic OH excluding ortho intramolecular Hbond substituents is 1. The van der Waals surface area contributed by atoms with Gasteiger partial charge in [-0.25, -0.2) is 9.37 Å². The number of imide groups is 2. The molecule has 3 fully saturated rings. The number of amides is 4. The SMILES string of the molecule is O=C1[C@@H]2C[C@@H]3C(=CC[C@@H]4C(=O)N(c5ccc(-c6nc7ccccc7o6)cc5)C(=O)[C@@H]43)[C@H](c3cc(Cl)ccc3O)[C@]2(c2ccc(Cl)cc2)C(=O)N1Nc1ccc(F)cc1. The van der Waals surface area contributed by atoms with Crippen molar-refractivity contribution in [3.63, 3.8) is 0 Å². The molecule has 2 N–H and O–H groups in total. The number of halogens is 3. The summed E-state index contributed by atoms with van der Waals surface area (Å²) in [4.78, 5) is 65.0. The molecule has 288 valence electrons. The van der Waals surface area contributed by atoms with Crippen molar-refractivity contribution in [1.82, 2.24) is 9.99 Å². The van der Waals surface area contributed by atoms with E-state index in [1.54, 1.807) is 54.6 Å². The summed E-state index contributed by atoms with van der Waals surface area (Å²) < 4.78 is 19.9. The minimum atomic E-state index is -1.67. The van der Waals surface area contributed by atoms with Crippen molar-refractivity contribution in [2.24, 2.45) is 23.7 Å². The molecule has 4 aliphatic rings. The van der Waals surface area contributed by atoms with E-state index in [1.165, 1.54) is 41.3 Å². The van der Waals surface area contributed by atoms with E-state index in [1.807, 2.05) is 30.3 Å². The molecule has 6 atom stereocenters. The zero-order chi connectivity index (χ0) is 40.0. The lowest BCUT2D eigenvalue weighted by Gasteiger charge is -2.50. The van der Waals surface area contributed by atoms with Crippen LogP contribution in [0.2, 0.25) is 10.0 Å². The molecule has 13 heteroatoms. The van der Waals surface area contributed by atoms with Gasteiger partial charge in [0.05, 0.1) is 34.5 Å². The van der Waals surface area contributed by atoms with Crippen LogP contribution in [0.4, 0.5) is 15.8 Å². The second-order valence-electron chi connectivity index (χ2n) is 15.1. The third-order valence-electron chi connectivity index (χ3n) is 12.2. The van der Waals surface area contributed by atoms with Crippen LogP contribution >= 0.6 is 23.2 Å². The monoisotopic (exact) mass is 812 g/mol. The van der Waals surface area contributed by atoms with Crippen molar-refractivity contribution in [1.29, 1.82) is 0 Å². The Morgan fingerprint density at radius 3 is 2.28 bits per heavy atom. The summed E-state index contributed by atoms with van der Waals surface area (Å²) in [6.45, 7) is 0. The molecule has 4 amide bonds. The molecule has 2 aliphatic heterocycles. The number of aromatic nitrogens is 1. The van der Waals surface area contributed by atoms with Gasteiger partial charge >= 0.3 is 0 Å². The molecule has 3 heterocycles. The fourth-order valence-corrected chi connectivity index (χ4v) is 10.1. The minimum absolute atomic E-state index is 0.0309. The van der Waals surface area contributed by atoms with Gasteiger partial charge in [0.2, 0.25) is 17.7 Å². The Bertz CT molecular complexity index is 2700. The number of anilines is 2. The number of nitrogens with one attached hydrogen (secondary N) is 1. The smallest absolute Gasteiger partial charge is 0.260 e. The molecule has 1 saturated carbocycles. The molecule has 0 bridgehead atoms. The molecule has 1 aromatic heterocycles. The summed E-state index contributed by atoms with van der Waals surface area (Å²) in [5.74, 6) is -6.66. The fraction of sp³-hybridized carbons (Fsp3) is 0.178. The van der Waals surface area contributed by atoms with E-state index in [-0.39, 0.29) is 35.1 Å². The number of fused-ring (bicyclic) bond motifs is 5. The number of hydrogen-bond acceptors (Lipinski definition) is 8. The topological polar surface area (TPSA) is 133 Å². The van der Waals surface area contributed by atoms with Crippen LogP contribution in [-0.2, 0) is 24.6 Å². The molecule has 0 unspecified atom stereocenters. The highest BCUT2D eigenvalue weighted by molar-refractivity contribution is 6.31. The first-order valence-electron chi connectivity index (χ1n) is 18.7. The van der Waals surface area contributed by atoms with E-state index < -0.39 is 58.5 Å². The van der Waals surface area contributed by atoms with E-state index in [0.717, 1.165) is 5.01 Å². The number of hydrazine groups is 1. The molecule has 6 aromatic rings. The zero-order valence-corrected chi connectivity index (χ0v) is 31.8. The van der Waals surface area contributed by atoms with Crippen molar-refractivity contribution in [2.75, 3.05) is 10.3 Å². The van der Waals surface area contributed by atoms with Gasteiger partial charge in [-0.3, -0.25) is 29.5 Å². The molecule has 58 heavy (non-hydrogen) atoms. The van der Waals surface area contributed by atoms with E-state index in [0.29, 0.717) is 50.1 Å². The number of rotatable bonds is 6. The van der Waals surface area contributed by atoms with Gasteiger partial charge in [0.1, 0.15) is 17.1 Å². The average Bonchev–Trinajstić information content (AvgIpc) is 3.84. The van der Waals surface area contributed by atoms with Crippen LogP contribution in [0.25, 0.3) is 22.6 Å². The van der Waals surface area contributed by atoms with Gasteiger partial charge in [0.15, 0.2) is 5.58 Å². The van der Waals surface area contributed by atoms with Crippen LogP contribution in [0.3, 0.4) is 0 Å². The maximum atomic E-state index is 15.3. The minimum Gasteiger partial charge on any atom is -0.508 e. The summed E-state index contributed by atoms with van der Waals surface area (Å²) in [5.41, 5.74) is 5.31. The Morgan fingerprint density at radius 1 is 0.810 bits per heavy atom. The molecule has 10 nitrogen and oxygen atoms in total. The summed E-state index contributed by atoms with van der Waals surface area (Å²) in [7, 11) is 0. The predicted octanol–water partition coefficient (Wildman–Crippen LogP) is 8.84. The van der Waals surface area contributed by atoms with Crippen molar-refractivity contribution in [3.8, 4) is 17.2 Å². The van der Waals surface area contributed by atoms with Gasteiger partial charge in [0, 0.05) is 27.1 Å². The Kier molecular flexibility index (Phi) is 8.33. The summed E-state index contributed by atoms with van der Waals surface area (Å²) in [5, 5.41) is 13.2. The summed E-state index contributed by atoms with van der Waals surface area (Å²) in [6, 6.07) is 30.7. The number of oxazole rings is 1. The number of carbonyl (C=O) groups is 4. The zero-order valence-electron chi connectivity index (χ0n) is 30.3. The lowest BCUT2D eigenvalue weighted by atomic mass is 9.49. The lowest BCUT2D eigenvalue weighted by molar-refractivity contribution is -0.138. The molecule has 0 radical (unpaired) electrons. The van der Waals surface area contributed by atoms with E-state index in [9.17, 15) is 23.9 Å². The Balaban J connectivity index is 1.08. The molecular formula is C45H31Cl2FN4O6. The Hall–Kier alpha value is -6.30. The van der Waals surface area contributed by atoms with Gasteiger partial charge in [-0.1, -0.05) is 59.1 Å². The fourth-order valence-electron chi connectivity index (χ4n) is 9.76. The lowest BCUT2D eigenvalue weighted by Crippen LogP contribution is -2.53. The van der Waals surface area contributed by atoms with E-state index in [2.05, 4.69) is 10.4 Å². The first-order chi connectivity index (χ1) is 28.0. The third kappa shape index (κ3) is 5.33. The number of aromatic hydroxyl groups is 1. The number of para-hydroxylation sites is 2. The van der Waals surface area contributed by atoms with Crippen LogP contribution in [-0.4, -0.2) is 38.7 Å². The van der Waals surface area contributed by atoms with Gasteiger partial charge in [-0.15, -0.1) is 0 Å². The van der Waals surface area contributed by atoms with Crippen LogP contribution < -0.4 is 10.3 Å². The molecule has 5 aromatic carbocycles. The normalized spacial score (nSPS) is 25.2. The Labute approximate surface area is 340 Å². The van der Waals surface area contributed by atoms with Crippen LogP contribution in [0.15, 0.2) is 131 Å². The van der Waals surface area contributed by atoms with Crippen LogP contribution in [0, 0.1) is 29.5 Å². The number of nitrogens with zero attached hydrogens (tertiary/aromatic N) is 3. The third-order valence-corrected chi connectivity index (χ3v) is 12.7. The molecule has 0 spiro atoms.